The van der Waals surface area contributed by atoms with Crippen LogP contribution in [0.5, 0.6) is 0 Å². The highest BCUT2D eigenvalue weighted by atomic mass is 16.5. The van der Waals surface area contributed by atoms with Crippen LogP contribution in [-0.4, -0.2) is 38.8 Å². The molecule has 0 aromatic carbocycles. The molecule has 0 fully saturated rings. The Kier molecular flexibility index (Phi) is 4.42. The highest BCUT2D eigenvalue weighted by molar-refractivity contribution is 5.89. The van der Waals surface area contributed by atoms with E-state index in [0.29, 0.717) is 42.8 Å². The number of rotatable bonds is 6. The van der Waals surface area contributed by atoms with Crippen LogP contribution in [0.25, 0.3) is 11.0 Å². The van der Waals surface area contributed by atoms with E-state index in [4.69, 9.17) is 9.26 Å². The van der Waals surface area contributed by atoms with Gasteiger partial charge in [0.15, 0.2) is 11.5 Å². The zero-order valence-electron chi connectivity index (χ0n) is 13.3. The molecule has 3 aromatic heterocycles. The molecule has 0 radical (unpaired) electrons. The van der Waals surface area contributed by atoms with Crippen LogP contribution >= 0.6 is 0 Å². The SMILES string of the molecule is COCCc1nc(CNc2ncnc3nc(C)cc(C)c23)no1. The maximum absolute atomic E-state index is 5.16. The van der Waals surface area contributed by atoms with Crippen molar-refractivity contribution in [2.45, 2.75) is 26.8 Å². The van der Waals surface area contributed by atoms with Gasteiger partial charge in [0, 0.05) is 12.8 Å². The second-order valence-electron chi connectivity index (χ2n) is 5.20. The molecule has 0 atom stereocenters. The first-order valence-corrected chi connectivity index (χ1v) is 7.30. The Balaban J connectivity index is 1.78. The van der Waals surface area contributed by atoms with E-state index in [1.165, 1.54) is 6.33 Å². The van der Waals surface area contributed by atoms with Crippen LogP contribution in [-0.2, 0) is 17.7 Å². The Morgan fingerprint density at radius 3 is 2.91 bits per heavy atom. The Labute approximate surface area is 133 Å². The van der Waals surface area contributed by atoms with E-state index in [-0.39, 0.29) is 0 Å². The van der Waals surface area contributed by atoms with Crippen molar-refractivity contribution >= 4 is 16.9 Å². The van der Waals surface area contributed by atoms with E-state index < -0.39 is 0 Å². The number of nitrogens with one attached hydrogen (secondary N) is 1. The summed E-state index contributed by atoms with van der Waals surface area (Å²) >= 11 is 0. The third kappa shape index (κ3) is 3.42. The van der Waals surface area contributed by atoms with Gasteiger partial charge >= 0.3 is 0 Å². The molecule has 0 saturated carbocycles. The molecule has 8 nitrogen and oxygen atoms in total. The van der Waals surface area contributed by atoms with Crippen LogP contribution in [0.15, 0.2) is 16.9 Å². The van der Waals surface area contributed by atoms with Crippen LogP contribution < -0.4 is 5.32 Å². The average molecular weight is 314 g/mol. The smallest absolute Gasteiger partial charge is 0.229 e. The highest BCUT2D eigenvalue weighted by Crippen LogP contribution is 2.22. The molecule has 0 amide bonds. The monoisotopic (exact) mass is 314 g/mol. The van der Waals surface area contributed by atoms with Crippen molar-refractivity contribution in [1.29, 1.82) is 0 Å². The number of anilines is 1. The summed E-state index contributed by atoms with van der Waals surface area (Å²) in [5.74, 6) is 1.84. The highest BCUT2D eigenvalue weighted by Gasteiger charge is 2.11. The zero-order chi connectivity index (χ0) is 16.2. The summed E-state index contributed by atoms with van der Waals surface area (Å²) in [6.45, 7) is 4.93. The first kappa shape index (κ1) is 15.3. The van der Waals surface area contributed by atoms with Crippen LogP contribution in [0.2, 0.25) is 0 Å². The van der Waals surface area contributed by atoms with Crippen molar-refractivity contribution in [2.24, 2.45) is 0 Å². The molecule has 8 heteroatoms. The Hall–Kier alpha value is -2.61. The molecule has 120 valence electrons. The van der Waals surface area contributed by atoms with Crippen LogP contribution in [0.3, 0.4) is 0 Å². The standard InChI is InChI=1S/C15H18N6O2/c1-9-6-10(2)19-15-13(9)14(17-8-18-15)16-7-11-20-12(23-21-11)4-5-22-3/h6,8H,4-5,7H2,1-3H3,(H,16,17,18,19). The number of pyridine rings is 1. The lowest BCUT2D eigenvalue weighted by Gasteiger charge is -2.08. The van der Waals surface area contributed by atoms with Gasteiger partial charge < -0.3 is 14.6 Å². The lowest BCUT2D eigenvalue weighted by atomic mass is 10.1. The predicted octanol–water partition coefficient (Wildman–Crippen LogP) is 1.83. The molecule has 0 aliphatic carbocycles. The van der Waals surface area contributed by atoms with Gasteiger partial charge in [-0.25, -0.2) is 15.0 Å². The van der Waals surface area contributed by atoms with Crippen LogP contribution in [0.1, 0.15) is 23.0 Å². The second-order valence-corrected chi connectivity index (χ2v) is 5.20. The molecule has 3 rings (SSSR count). The third-order valence-electron chi connectivity index (χ3n) is 3.37. The van der Waals surface area contributed by atoms with Gasteiger partial charge in [0.2, 0.25) is 5.89 Å². The average Bonchev–Trinajstić information content (AvgIpc) is 2.98. The number of aromatic nitrogens is 5. The van der Waals surface area contributed by atoms with E-state index in [1.54, 1.807) is 7.11 Å². The molecule has 0 spiro atoms. The van der Waals surface area contributed by atoms with Gasteiger partial charge in [-0.15, -0.1) is 0 Å². The summed E-state index contributed by atoms with van der Waals surface area (Å²) in [4.78, 5) is 17.3. The van der Waals surface area contributed by atoms with Gasteiger partial charge in [-0.05, 0) is 25.5 Å². The minimum atomic E-state index is 0.413. The van der Waals surface area contributed by atoms with Crippen LogP contribution in [0.4, 0.5) is 5.82 Å². The first-order valence-electron chi connectivity index (χ1n) is 7.30. The van der Waals surface area contributed by atoms with Crippen molar-refractivity contribution < 1.29 is 9.26 Å². The van der Waals surface area contributed by atoms with E-state index in [0.717, 1.165) is 16.6 Å². The molecule has 0 aliphatic heterocycles. The maximum Gasteiger partial charge on any atom is 0.229 e. The largest absolute Gasteiger partial charge is 0.384 e. The fourth-order valence-corrected chi connectivity index (χ4v) is 2.36. The summed E-state index contributed by atoms with van der Waals surface area (Å²) in [5, 5.41) is 8.07. The predicted molar refractivity (Wildman–Crippen MR) is 84.0 cm³/mol. The molecule has 1 N–H and O–H groups in total. The Morgan fingerprint density at radius 2 is 2.09 bits per heavy atom. The number of ether oxygens (including phenoxy) is 1. The van der Waals surface area contributed by atoms with Gasteiger partial charge in [0.25, 0.3) is 0 Å². The number of nitrogens with zero attached hydrogens (tertiary/aromatic N) is 5. The normalized spacial score (nSPS) is 11.1. The summed E-state index contributed by atoms with van der Waals surface area (Å²) in [7, 11) is 1.64. The minimum absolute atomic E-state index is 0.413. The first-order chi connectivity index (χ1) is 11.2. The zero-order valence-corrected chi connectivity index (χ0v) is 13.3. The fourth-order valence-electron chi connectivity index (χ4n) is 2.36. The van der Waals surface area contributed by atoms with E-state index >= 15 is 0 Å². The fraction of sp³-hybridized carbons (Fsp3) is 0.400. The Bertz CT molecular complexity index is 817. The van der Waals surface area contributed by atoms with Crippen molar-refractivity contribution in [3.63, 3.8) is 0 Å². The third-order valence-corrected chi connectivity index (χ3v) is 3.37. The van der Waals surface area contributed by atoms with Gasteiger partial charge in [-0.3, -0.25) is 0 Å². The van der Waals surface area contributed by atoms with Crippen molar-refractivity contribution in [3.8, 4) is 0 Å². The molecule has 23 heavy (non-hydrogen) atoms. The van der Waals surface area contributed by atoms with E-state index in [1.807, 2.05) is 19.9 Å². The number of fused-ring (bicyclic) bond motifs is 1. The topological polar surface area (TPSA) is 98.8 Å². The molecule has 3 aromatic rings. The van der Waals surface area contributed by atoms with Crippen molar-refractivity contribution in [2.75, 3.05) is 19.0 Å². The molecule has 0 aliphatic rings. The summed E-state index contributed by atoms with van der Waals surface area (Å²) in [6, 6.07) is 2.01. The molecule has 0 saturated heterocycles. The number of methoxy groups -OCH3 is 1. The lowest BCUT2D eigenvalue weighted by Crippen LogP contribution is -2.06. The van der Waals surface area contributed by atoms with Gasteiger partial charge in [0.05, 0.1) is 25.0 Å². The van der Waals surface area contributed by atoms with Crippen molar-refractivity contribution in [1.82, 2.24) is 25.1 Å². The van der Waals surface area contributed by atoms with Crippen LogP contribution in [0, 0.1) is 13.8 Å². The number of hydrogen-bond acceptors (Lipinski definition) is 8. The van der Waals surface area contributed by atoms with Gasteiger partial charge in [-0.2, -0.15) is 4.98 Å². The number of aryl methyl sites for hydroxylation is 2. The quantitative estimate of drug-likeness (QED) is 0.735. The summed E-state index contributed by atoms with van der Waals surface area (Å²) < 4.78 is 10.1. The molecule has 0 bridgehead atoms. The van der Waals surface area contributed by atoms with Crippen molar-refractivity contribution in [3.05, 3.63) is 35.4 Å². The molecular formula is C15H18N6O2. The lowest BCUT2D eigenvalue weighted by molar-refractivity contribution is 0.192. The second kappa shape index (κ2) is 6.66. The van der Waals surface area contributed by atoms with E-state index in [2.05, 4.69) is 30.4 Å². The minimum Gasteiger partial charge on any atom is -0.384 e. The molecule has 0 unspecified atom stereocenters. The Morgan fingerprint density at radius 1 is 1.22 bits per heavy atom. The number of hydrogen-bond donors (Lipinski definition) is 1. The van der Waals surface area contributed by atoms with E-state index in [9.17, 15) is 0 Å². The molecular weight excluding hydrogens is 296 g/mol. The summed E-state index contributed by atoms with van der Waals surface area (Å²) in [5.41, 5.74) is 2.68. The maximum atomic E-state index is 5.16. The van der Waals surface area contributed by atoms with Gasteiger partial charge in [-0.1, -0.05) is 5.16 Å². The summed E-state index contributed by atoms with van der Waals surface area (Å²) in [6.07, 6.45) is 2.10. The van der Waals surface area contributed by atoms with Gasteiger partial charge in [0.1, 0.15) is 12.1 Å². The molecule has 3 heterocycles.